The highest BCUT2D eigenvalue weighted by atomic mass is 32.1. The lowest BCUT2D eigenvalue weighted by atomic mass is 9.99. The van der Waals surface area contributed by atoms with Crippen LogP contribution < -0.4 is 5.32 Å². The molecule has 0 bridgehead atoms. The van der Waals surface area contributed by atoms with Crippen LogP contribution in [0.25, 0.3) is 10.2 Å². The van der Waals surface area contributed by atoms with Crippen LogP contribution in [0.4, 0.5) is 5.82 Å². The van der Waals surface area contributed by atoms with Crippen LogP contribution in [0, 0.1) is 6.92 Å². The Labute approximate surface area is 145 Å². The number of carbonyl (C=O) groups is 1. The molecule has 7 heteroatoms. The maximum Gasteiger partial charge on any atom is 0.348 e. The Balaban J connectivity index is 1.92. The molecule has 0 aromatic carbocycles. The number of thiophene rings is 1. The third-order valence-corrected chi connectivity index (χ3v) is 5.41. The number of hydrogen-bond acceptors (Lipinski definition) is 7. The highest BCUT2D eigenvalue weighted by Crippen LogP contribution is 2.34. The molecule has 0 amide bonds. The Morgan fingerprint density at radius 1 is 1.38 bits per heavy atom. The zero-order valence-electron chi connectivity index (χ0n) is 14.5. The highest BCUT2D eigenvalue weighted by Gasteiger charge is 2.26. The van der Waals surface area contributed by atoms with Gasteiger partial charge in [-0.2, -0.15) is 0 Å². The molecule has 1 aliphatic heterocycles. The topological polar surface area (TPSA) is 73.3 Å². The van der Waals surface area contributed by atoms with Gasteiger partial charge in [-0.3, -0.25) is 0 Å². The average Bonchev–Trinajstić information content (AvgIpc) is 2.85. The van der Waals surface area contributed by atoms with E-state index in [9.17, 15) is 4.79 Å². The van der Waals surface area contributed by atoms with Crippen LogP contribution in [0.2, 0.25) is 0 Å². The summed E-state index contributed by atoms with van der Waals surface area (Å²) in [4.78, 5) is 22.3. The summed E-state index contributed by atoms with van der Waals surface area (Å²) in [5.41, 5.74) is 0.879. The molecule has 2 aromatic rings. The lowest BCUT2D eigenvalue weighted by molar-refractivity contribution is -0.0338. The van der Waals surface area contributed by atoms with E-state index < -0.39 is 0 Å². The Hall–Kier alpha value is -1.73. The molecule has 1 fully saturated rings. The van der Waals surface area contributed by atoms with Crippen LogP contribution in [0.3, 0.4) is 0 Å². The number of ether oxygens (including phenoxy) is 2. The molecule has 1 aliphatic rings. The van der Waals surface area contributed by atoms with E-state index in [0.717, 1.165) is 34.4 Å². The van der Waals surface area contributed by atoms with Crippen molar-refractivity contribution in [2.75, 3.05) is 11.9 Å². The van der Waals surface area contributed by atoms with Gasteiger partial charge in [-0.25, -0.2) is 14.8 Å². The van der Waals surface area contributed by atoms with Gasteiger partial charge >= 0.3 is 5.97 Å². The van der Waals surface area contributed by atoms with Crippen molar-refractivity contribution >= 4 is 33.3 Å². The first-order valence-electron chi connectivity index (χ1n) is 8.32. The minimum Gasteiger partial charge on any atom is -0.462 e. The zero-order valence-corrected chi connectivity index (χ0v) is 15.3. The Bertz CT molecular complexity index is 736. The van der Waals surface area contributed by atoms with Crippen molar-refractivity contribution in [3.05, 3.63) is 16.8 Å². The quantitative estimate of drug-likeness (QED) is 0.851. The van der Waals surface area contributed by atoms with Crippen molar-refractivity contribution in [1.29, 1.82) is 0 Å². The molecule has 2 atom stereocenters. The molecular weight excluding hydrogens is 326 g/mol. The first-order valence-corrected chi connectivity index (χ1v) is 9.14. The summed E-state index contributed by atoms with van der Waals surface area (Å²) in [5, 5.41) is 4.45. The van der Waals surface area contributed by atoms with Gasteiger partial charge in [0, 0.05) is 6.04 Å². The maximum atomic E-state index is 12.1. The van der Waals surface area contributed by atoms with Gasteiger partial charge in [-0.15, -0.1) is 11.3 Å². The van der Waals surface area contributed by atoms with Gasteiger partial charge in [-0.1, -0.05) is 0 Å². The van der Waals surface area contributed by atoms with E-state index in [1.807, 2.05) is 6.92 Å². The predicted molar refractivity (Wildman–Crippen MR) is 94.8 cm³/mol. The number of rotatable bonds is 4. The zero-order chi connectivity index (χ0) is 17.3. The molecular formula is C17H23N3O3S. The molecule has 1 saturated heterocycles. The van der Waals surface area contributed by atoms with Gasteiger partial charge in [0.15, 0.2) is 0 Å². The van der Waals surface area contributed by atoms with Crippen molar-refractivity contribution in [3.63, 3.8) is 0 Å². The predicted octanol–water partition coefficient (Wildman–Crippen LogP) is 3.54. The van der Waals surface area contributed by atoms with Crippen molar-refractivity contribution in [3.8, 4) is 0 Å². The van der Waals surface area contributed by atoms with Crippen molar-refractivity contribution in [1.82, 2.24) is 9.97 Å². The number of carbonyl (C=O) groups excluding carboxylic acids is 1. The minimum absolute atomic E-state index is 0.224. The van der Waals surface area contributed by atoms with Gasteiger partial charge in [0.2, 0.25) is 0 Å². The number of hydrogen-bond donors (Lipinski definition) is 1. The number of anilines is 1. The minimum atomic E-state index is -0.294. The lowest BCUT2D eigenvalue weighted by Crippen LogP contribution is -2.37. The van der Waals surface area contributed by atoms with Gasteiger partial charge < -0.3 is 14.8 Å². The first kappa shape index (κ1) is 17.1. The van der Waals surface area contributed by atoms with Crippen LogP contribution in [-0.2, 0) is 9.47 Å². The Morgan fingerprint density at radius 3 is 2.75 bits per heavy atom. The smallest absolute Gasteiger partial charge is 0.348 e. The molecule has 6 nitrogen and oxygen atoms in total. The van der Waals surface area contributed by atoms with E-state index >= 15 is 0 Å². The fourth-order valence-electron chi connectivity index (χ4n) is 3.29. The number of nitrogens with zero attached hydrogens (tertiary/aromatic N) is 2. The molecule has 2 aromatic heterocycles. The molecule has 130 valence electrons. The van der Waals surface area contributed by atoms with Crippen LogP contribution in [0.1, 0.15) is 48.8 Å². The fourth-order valence-corrected chi connectivity index (χ4v) is 4.33. The molecule has 0 aliphatic carbocycles. The van der Waals surface area contributed by atoms with Crippen molar-refractivity contribution < 1.29 is 14.3 Å². The van der Waals surface area contributed by atoms with Crippen molar-refractivity contribution in [2.24, 2.45) is 0 Å². The van der Waals surface area contributed by atoms with Crippen LogP contribution in [0.15, 0.2) is 6.33 Å². The third-order valence-electron chi connectivity index (χ3n) is 4.23. The number of fused-ring (bicyclic) bond motifs is 1. The van der Waals surface area contributed by atoms with E-state index in [2.05, 4.69) is 29.1 Å². The molecule has 0 spiro atoms. The summed E-state index contributed by atoms with van der Waals surface area (Å²) in [6, 6.07) is 0.298. The number of aryl methyl sites for hydroxylation is 1. The summed E-state index contributed by atoms with van der Waals surface area (Å²) in [6.07, 6.45) is 3.86. The summed E-state index contributed by atoms with van der Waals surface area (Å²) in [5.74, 6) is 0.493. The van der Waals surface area contributed by atoms with E-state index in [1.54, 1.807) is 13.3 Å². The summed E-state index contributed by atoms with van der Waals surface area (Å²) in [7, 11) is 0. The fraction of sp³-hybridized carbons (Fsp3) is 0.588. The number of nitrogens with one attached hydrogen (secondary N) is 1. The van der Waals surface area contributed by atoms with Gasteiger partial charge in [0.25, 0.3) is 0 Å². The standard InChI is InChI=1S/C17H23N3O3S/c1-5-22-17(21)14-11(4)13-15(18-8-19-16(13)24-14)20-12-6-9(2)23-10(3)7-12/h8-10,12H,5-7H2,1-4H3,(H,18,19,20)/t9-,10-/m1/s1. The number of esters is 1. The molecule has 0 unspecified atom stereocenters. The second kappa shape index (κ2) is 7.03. The molecule has 3 rings (SSSR count). The molecule has 3 heterocycles. The second-order valence-corrected chi connectivity index (χ2v) is 7.25. The van der Waals surface area contributed by atoms with E-state index in [0.29, 0.717) is 17.5 Å². The van der Waals surface area contributed by atoms with E-state index in [-0.39, 0.29) is 18.2 Å². The third kappa shape index (κ3) is 3.37. The molecule has 1 N–H and O–H groups in total. The van der Waals surface area contributed by atoms with Crippen LogP contribution >= 0.6 is 11.3 Å². The molecule has 0 saturated carbocycles. The summed E-state index contributed by atoms with van der Waals surface area (Å²) in [6.45, 7) is 8.28. The van der Waals surface area contributed by atoms with Gasteiger partial charge in [0.05, 0.1) is 24.2 Å². The van der Waals surface area contributed by atoms with Gasteiger partial charge in [-0.05, 0) is 46.1 Å². The SMILES string of the molecule is CCOC(=O)c1sc2ncnc(NC3C[C@@H](C)O[C@H](C)C3)c2c1C. The second-order valence-electron chi connectivity index (χ2n) is 6.25. The van der Waals surface area contributed by atoms with Gasteiger partial charge in [0.1, 0.15) is 21.9 Å². The molecule has 24 heavy (non-hydrogen) atoms. The van der Waals surface area contributed by atoms with Crippen molar-refractivity contribution in [2.45, 2.75) is 58.8 Å². The molecule has 0 radical (unpaired) electrons. The summed E-state index contributed by atoms with van der Waals surface area (Å²) >= 11 is 1.36. The Morgan fingerprint density at radius 2 is 2.08 bits per heavy atom. The summed E-state index contributed by atoms with van der Waals surface area (Å²) < 4.78 is 10.9. The lowest BCUT2D eigenvalue weighted by Gasteiger charge is -2.32. The van der Waals surface area contributed by atoms with Crippen LogP contribution in [-0.4, -0.2) is 40.8 Å². The normalized spacial score (nSPS) is 24.1. The van der Waals surface area contributed by atoms with E-state index in [1.165, 1.54) is 11.3 Å². The largest absolute Gasteiger partial charge is 0.462 e. The van der Waals surface area contributed by atoms with E-state index in [4.69, 9.17) is 9.47 Å². The Kier molecular flexibility index (Phi) is 5.01. The average molecular weight is 349 g/mol. The monoisotopic (exact) mass is 349 g/mol. The first-order chi connectivity index (χ1) is 11.5. The maximum absolute atomic E-state index is 12.1. The highest BCUT2D eigenvalue weighted by molar-refractivity contribution is 7.20. The van der Waals surface area contributed by atoms with Crippen LogP contribution in [0.5, 0.6) is 0 Å². The number of aromatic nitrogens is 2.